The van der Waals surface area contributed by atoms with E-state index in [1.165, 1.54) is 0 Å². The Kier molecular flexibility index (Phi) is 13.6. The first-order valence-corrected chi connectivity index (χ1v) is 5.11. The third-order valence-corrected chi connectivity index (χ3v) is 1.51. The van der Waals surface area contributed by atoms with E-state index in [1.54, 1.807) is 0 Å². The van der Waals surface area contributed by atoms with Crippen LogP contribution in [0.25, 0.3) is 0 Å². The zero-order valence-corrected chi connectivity index (χ0v) is 9.76. The molecule has 0 aromatic carbocycles. The van der Waals surface area contributed by atoms with E-state index in [0.29, 0.717) is 12.8 Å². The van der Waals surface area contributed by atoms with Crippen LogP contribution in [0.1, 0.15) is 25.7 Å². The Labute approximate surface area is 103 Å². The molecule has 106 valence electrons. The lowest BCUT2D eigenvalue weighted by Crippen LogP contribution is -2.36. The van der Waals surface area contributed by atoms with Gasteiger partial charge in [-0.25, -0.2) is 4.79 Å². The Morgan fingerprint density at radius 3 is 1.33 bits per heavy atom. The van der Waals surface area contributed by atoms with Gasteiger partial charge in [0.05, 0.1) is 0 Å². The topological polar surface area (TPSA) is 156 Å². The molecule has 18 heavy (non-hydrogen) atoms. The lowest BCUT2D eigenvalue weighted by molar-refractivity contribution is -0.139. The second-order valence-corrected chi connectivity index (χ2v) is 2.99. The standard InChI is InChI=1S/C6H10O4.C3H8N2O3/c7-5(8)3-1-2-4-6(9)10;6-1-4-3(8)5-2-7/h1-4H2,(H,7,8)(H,9,10);6-7H,1-2H2,(H2,4,5,8). The first-order valence-electron chi connectivity index (χ1n) is 5.11. The molecule has 0 aliphatic heterocycles. The molecule has 0 unspecified atom stereocenters. The molecule has 0 heterocycles. The highest BCUT2D eigenvalue weighted by atomic mass is 16.4. The van der Waals surface area contributed by atoms with E-state index in [9.17, 15) is 14.4 Å². The van der Waals surface area contributed by atoms with Gasteiger partial charge in [-0.1, -0.05) is 0 Å². The number of aliphatic hydroxyl groups is 2. The molecular weight excluding hydrogens is 248 g/mol. The summed E-state index contributed by atoms with van der Waals surface area (Å²) in [5.41, 5.74) is 0. The van der Waals surface area contributed by atoms with Gasteiger partial charge in [-0.2, -0.15) is 0 Å². The van der Waals surface area contributed by atoms with Gasteiger partial charge in [-0.05, 0) is 12.8 Å². The fourth-order valence-corrected chi connectivity index (χ4v) is 0.759. The van der Waals surface area contributed by atoms with Gasteiger partial charge in [0.2, 0.25) is 0 Å². The average Bonchev–Trinajstić information content (AvgIpc) is 2.25. The molecule has 0 radical (unpaired) electrons. The predicted molar refractivity (Wildman–Crippen MR) is 59.6 cm³/mol. The second kappa shape index (κ2) is 13.2. The summed E-state index contributed by atoms with van der Waals surface area (Å²) in [5, 5.41) is 36.3. The van der Waals surface area contributed by atoms with Crippen molar-refractivity contribution in [2.45, 2.75) is 25.7 Å². The number of aliphatic hydroxyl groups excluding tert-OH is 2. The van der Waals surface area contributed by atoms with Crippen LogP contribution in [0.4, 0.5) is 4.79 Å². The Morgan fingerprint density at radius 1 is 0.778 bits per heavy atom. The molecule has 0 fully saturated rings. The third-order valence-electron chi connectivity index (χ3n) is 1.51. The Morgan fingerprint density at radius 2 is 1.11 bits per heavy atom. The van der Waals surface area contributed by atoms with Crippen molar-refractivity contribution in [3.63, 3.8) is 0 Å². The first kappa shape index (κ1) is 18.5. The maximum absolute atomic E-state index is 10.1. The molecule has 0 aliphatic carbocycles. The van der Waals surface area contributed by atoms with Crippen molar-refractivity contribution in [3.05, 3.63) is 0 Å². The van der Waals surface area contributed by atoms with Crippen LogP contribution in [0.5, 0.6) is 0 Å². The summed E-state index contributed by atoms with van der Waals surface area (Å²) in [5.74, 6) is -1.74. The van der Waals surface area contributed by atoms with Crippen molar-refractivity contribution in [2.24, 2.45) is 0 Å². The SMILES string of the molecule is O=C(NCO)NCO.O=C(O)CCCCC(=O)O. The van der Waals surface area contributed by atoms with Crippen molar-refractivity contribution in [2.75, 3.05) is 13.5 Å². The lowest BCUT2D eigenvalue weighted by Gasteiger charge is -1.98. The van der Waals surface area contributed by atoms with Crippen LogP contribution in [0.3, 0.4) is 0 Å². The highest BCUT2D eigenvalue weighted by Gasteiger charge is 1.99. The maximum atomic E-state index is 10.1. The van der Waals surface area contributed by atoms with Crippen molar-refractivity contribution >= 4 is 18.0 Å². The minimum absolute atomic E-state index is 0.0628. The van der Waals surface area contributed by atoms with Crippen LogP contribution in [0, 0.1) is 0 Å². The van der Waals surface area contributed by atoms with Crippen LogP contribution in [-0.4, -0.2) is 51.9 Å². The number of unbranched alkanes of at least 4 members (excludes halogenated alkanes) is 1. The number of amides is 2. The minimum atomic E-state index is -0.870. The first-order chi connectivity index (χ1) is 8.43. The summed E-state index contributed by atoms with van der Waals surface area (Å²) in [6.45, 7) is -0.850. The molecule has 9 heteroatoms. The van der Waals surface area contributed by atoms with Crippen LogP contribution in [-0.2, 0) is 9.59 Å². The number of hydrogen-bond acceptors (Lipinski definition) is 5. The molecule has 0 atom stereocenters. The van der Waals surface area contributed by atoms with Crippen molar-refractivity contribution in [1.29, 1.82) is 0 Å². The second-order valence-electron chi connectivity index (χ2n) is 2.99. The van der Waals surface area contributed by atoms with Crippen LogP contribution in [0.15, 0.2) is 0 Å². The summed E-state index contributed by atoms with van der Waals surface area (Å²) in [6.07, 6.45) is 1.02. The van der Waals surface area contributed by atoms with E-state index in [2.05, 4.69) is 0 Å². The normalized spacial score (nSPS) is 8.78. The fourth-order valence-electron chi connectivity index (χ4n) is 0.759. The average molecular weight is 266 g/mol. The molecule has 2 amide bonds. The predicted octanol–water partition coefficient (Wildman–Crippen LogP) is -1.10. The number of carbonyl (C=O) groups excluding carboxylic acids is 1. The Bertz CT molecular complexity index is 233. The van der Waals surface area contributed by atoms with E-state index < -0.39 is 31.4 Å². The van der Waals surface area contributed by atoms with E-state index in [0.717, 1.165) is 0 Å². The van der Waals surface area contributed by atoms with E-state index in [4.69, 9.17) is 20.4 Å². The van der Waals surface area contributed by atoms with Gasteiger partial charge in [-0.3, -0.25) is 9.59 Å². The van der Waals surface area contributed by atoms with E-state index in [-0.39, 0.29) is 12.8 Å². The van der Waals surface area contributed by atoms with Gasteiger partial charge >= 0.3 is 18.0 Å². The largest absolute Gasteiger partial charge is 0.481 e. The zero-order chi connectivity index (χ0) is 14.4. The number of urea groups is 1. The Hall–Kier alpha value is -1.87. The highest BCUT2D eigenvalue weighted by Crippen LogP contribution is 1.98. The molecule has 0 bridgehead atoms. The molecule has 0 spiro atoms. The van der Waals surface area contributed by atoms with Crippen LogP contribution < -0.4 is 10.6 Å². The minimum Gasteiger partial charge on any atom is -0.481 e. The fraction of sp³-hybridized carbons (Fsp3) is 0.667. The molecule has 0 saturated carbocycles. The molecule has 9 nitrogen and oxygen atoms in total. The van der Waals surface area contributed by atoms with Gasteiger partial charge in [0, 0.05) is 12.8 Å². The molecule has 0 rings (SSSR count). The molecule has 0 aliphatic rings. The van der Waals surface area contributed by atoms with E-state index >= 15 is 0 Å². The number of hydrogen-bond donors (Lipinski definition) is 6. The number of nitrogens with one attached hydrogen (secondary N) is 2. The van der Waals surface area contributed by atoms with Crippen molar-refractivity contribution in [3.8, 4) is 0 Å². The highest BCUT2D eigenvalue weighted by molar-refractivity contribution is 5.73. The molecular formula is C9H18N2O7. The van der Waals surface area contributed by atoms with Gasteiger partial charge in [0.1, 0.15) is 13.5 Å². The number of rotatable bonds is 7. The summed E-state index contributed by atoms with van der Waals surface area (Å²) >= 11 is 0. The van der Waals surface area contributed by atoms with Crippen LogP contribution >= 0.6 is 0 Å². The van der Waals surface area contributed by atoms with Crippen molar-refractivity contribution < 1.29 is 34.8 Å². The monoisotopic (exact) mass is 266 g/mol. The molecule has 6 N–H and O–H groups in total. The third kappa shape index (κ3) is 19.7. The zero-order valence-electron chi connectivity index (χ0n) is 9.76. The summed E-state index contributed by atoms with van der Waals surface area (Å²) < 4.78 is 0. The molecule has 0 saturated heterocycles. The Balaban J connectivity index is 0. The summed E-state index contributed by atoms with van der Waals surface area (Å²) in [6, 6.07) is -0.588. The van der Waals surface area contributed by atoms with Gasteiger partial charge in [0.25, 0.3) is 0 Å². The molecule has 0 aromatic rings. The number of carbonyl (C=O) groups is 3. The summed E-state index contributed by atoms with van der Waals surface area (Å²) in [4.78, 5) is 29.9. The van der Waals surface area contributed by atoms with Crippen LogP contribution in [0.2, 0.25) is 0 Å². The van der Waals surface area contributed by atoms with Gasteiger partial charge in [0.15, 0.2) is 0 Å². The molecule has 0 aromatic heterocycles. The maximum Gasteiger partial charge on any atom is 0.318 e. The lowest BCUT2D eigenvalue weighted by atomic mass is 10.2. The number of carboxylic acid groups (broad SMARTS) is 2. The van der Waals surface area contributed by atoms with E-state index in [1.807, 2.05) is 10.6 Å². The number of carboxylic acids is 2. The van der Waals surface area contributed by atoms with Gasteiger partial charge < -0.3 is 31.1 Å². The van der Waals surface area contributed by atoms with Gasteiger partial charge in [-0.15, -0.1) is 0 Å². The quantitative estimate of drug-likeness (QED) is 0.252. The number of aliphatic carboxylic acids is 2. The summed E-state index contributed by atoms with van der Waals surface area (Å²) in [7, 11) is 0. The van der Waals surface area contributed by atoms with Crippen molar-refractivity contribution in [1.82, 2.24) is 10.6 Å². The smallest absolute Gasteiger partial charge is 0.318 e.